The maximum atomic E-state index is 5.14. The number of rotatable bonds is 2. The SMILES string of the molecule is c1ccc(-c2nc3cc4ccccc4cc3nc2-c2csc3ccccc23)cc1. The molecule has 0 N–H and O–H groups in total. The lowest BCUT2D eigenvalue weighted by molar-refractivity contribution is 1.30. The largest absolute Gasteiger partial charge is 0.244 e. The zero-order valence-corrected chi connectivity index (χ0v) is 16.4. The molecule has 0 spiro atoms. The smallest absolute Gasteiger partial charge is 0.0987 e. The molecule has 0 amide bonds. The van der Waals surface area contributed by atoms with E-state index < -0.39 is 0 Å². The Labute approximate surface area is 172 Å². The third kappa shape index (κ3) is 2.71. The van der Waals surface area contributed by atoms with Crippen LogP contribution in [0.1, 0.15) is 0 Å². The molecule has 29 heavy (non-hydrogen) atoms. The van der Waals surface area contributed by atoms with Crippen molar-refractivity contribution in [2.45, 2.75) is 0 Å². The average molecular weight is 388 g/mol. The average Bonchev–Trinajstić information content (AvgIpc) is 3.21. The molecule has 6 rings (SSSR count). The van der Waals surface area contributed by atoms with E-state index in [-0.39, 0.29) is 0 Å². The molecule has 0 fully saturated rings. The van der Waals surface area contributed by atoms with Gasteiger partial charge in [0.1, 0.15) is 0 Å². The molecule has 0 saturated heterocycles. The van der Waals surface area contributed by atoms with Gasteiger partial charge >= 0.3 is 0 Å². The van der Waals surface area contributed by atoms with Crippen LogP contribution in [0.15, 0.2) is 96.4 Å². The van der Waals surface area contributed by atoms with E-state index in [0.29, 0.717) is 0 Å². The lowest BCUT2D eigenvalue weighted by Crippen LogP contribution is -1.95. The Morgan fingerprint density at radius 1 is 0.586 bits per heavy atom. The van der Waals surface area contributed by atoms with E-state index in [2.05, 4.69) is 90.3 Å². The van der Waals surface area contributed by atoms with Gasteiger partial charge in [-0.15, -0.1) is 11.3 Å². The third-order valence-corrected chi connectivity index (χ3v) is 6.28. The van der Waals surface area contributed by atoms with E-state index in [1.54, 1.807) is 11.3 Å². The summed E-state index contributed by atoms with van der Waals surface area (Å²) in [4.78, 5) is 10.2. The lowest BCUT2D eigenvalue weighted by Gasteiger charge is -2.11. The molecule has 0 radical (unpaired) electrons. The number of benzene rings is 4. The summed E-state index contributed by atoms with van der Waals surface area (Å²) < 4.78 is 1.27. The second-order valence-corrected chi connectivity index (χ2v) is 8.03. The number of fused-ring (bicyclic) bond motifs is 3. The number of nitrogens with zero attached hydrogens (tertiary/aromatic N) is 2. The third-order valence-electron chi connectivity index (χ3n) is 5.32. The zero-order valence-electron chi connectivity index (χ0n) is 15.5. The fourth-order valence-electron chi connectivity index (χ4n) is 3.89. The van der Waals surface area contributed by atoms with Gasteiger partial charge in [-0.3, -0.25) is 0 Å². The van der Waals surface area contributed by atoms with Crippen LogP contribution < -0.4 is 0 Å². The molecular weight excluding hydrogens is 372 g/mol. The minimum atomic E-state index is 0.922. The van der Waals surface area contributed by atoms with Gasteiger partial charge in [0, 0.05) is 26.6 Å². The van der Waals surface area contributed by atoms with Crippen molar-refractivity contribution < 1.29 is 0 Å². The number of hydrogen-bond donors (Lipinski definition) is 0. The molecule has 4 aromatic carbocycles. The molecular formula is C26H16N2S. The standard InChI is InChI=1S/C26H16N2S/c1-2-8-17(9-3-1)25-26(21-16-29-24-13-7-6-12-20(21)24)28-23-15-19-11-5-4-10-18(19)14-22(23)27-25/h1-16H. The molecule has 0 aliphatic carbocycles. The molecule has 2 aromatic heterocycles. The molecule has 0 unspecified atom stereocenters. The van der Waals surface area contributed by atoms with Crippen LogP contribution in [0, 0.1) is 0 Å². The van der Waals surface area contributed by atoms with Crippen LogP contribution >= 0.6 is 11.3 Å². The first-order valence-corrected chi connectivity index (χ1v) is 10.5. The highest BCUT2D eigenvalue weighted by molar-refractivity contribution is 7.17. The van der Waals surface area contributed by atoms with Crippen LogP contribution in [0.3, 0.4) is 0 Å². The van der Waals surface area contributed by atoms with Gasteiger partial charge in [-0.25, -0.2) is 9.97 Å². The molecule has 0 aliphatic heterocycles. The van der Waals surface area contributed by atoms with E-state index in [9.17, 15) is 0 Å². The number of hydrogen-bond acceptors (Lipinski definition) is 3. The highest BCUT2D eigenvalue weighted by Crippen LogP contribution is 2.38. The lowest BCUT2D eigenvalue weighted by atomic mass is 10.0. The van der Waals surface area contributed by atoms with E-state index in [0.717, 1.165) is 33.5 Å². The summed E-state index contributed by atoms with van der Waals surface area (Å²) in [6.07, 6.45) is 0. The topological polar surface area (TPSA) is 25.8 Å². The van der Waals surface area contributed by atoms with Gasteiger partial charge < -0.3 is 0 Å². The van der Waals surface area contributed by atoms with Crippen LogP contribution in [0.2, 0.25) is 0 Å². The Balaban J connectivity index is 1.72. The van der Waals surface area contributed by atoms with E-state index in [1.165, 1.54) is 20.9 Å². The van der Waals surface area contributed by atoms with Gasteiger partial charge in [-0.2, -0.15) is 0 Å². The fraction of sp³-hybridized carbons (Fsp3) is 0. The second kappa shape index (κ2) is 6.50. The maximum Gasteiger partial charge on any atom is 0.0987 e. The Bertz CT molecular complexity index is 1500. The molecule has 2 heterocycles. The van der Waals surface area contributed by atoms with E-state index in [1.807, 2.05) is 6.07 Å². The van der Waals surface area contributed by atoms with Gasteiger partial charge in [0.25, 0.3) is 0 Å². The van der Waals surface area contributed by atoms with Gasteiger partial charge in [-0.1, -0.05) is 72.8 Å². The van der Waals surface area contributed by atoms with Crippen molar-refractivity contribution in [3.63, 3.8) is 0 Å². The van der Waals surface area contributed by atoms with Crippen LogP contribution in [-0.2, 0) is 0 Å². The quantitative estimate of drug-likeness (QED) is 0.290. The minimum absolute atomic E-state index is 0.922. The first-order valence-electron chi connectivity index (χ1n) is 9.59. The summed E-state index contributed by atoms with van der Waals surface area (Å²) in [6, 6.07) is 31.5. The molecule has 3 heteroatoms. The summed E-state index contributed by atoms with van der Waals surface area (Å²) in [5.74, 6) is 0. The summed E-state index contributed by atoms with van der Waals surface area (Å²) in [5, 5.41) is 5.79. The Hall–Kier alpha value is -3.56. The van der Waals surface area contributed by atoms with Crippen molar-refractivity contribution in [3.8, 4) is 22.5 Å². The van der Waals surface area contributed by atoms with Gasteiger partial charge in [0.05, 0.1) is 22.4 Å². The van der Waals surface area contributed by atoms with Gasteiger partial charge in [-0.05, 0) is 29.0 Å². The van der Waals surface area contributed by atoms with Crippen molar-refractivity contribution in [2.24, 2.45) is 0 Å². The highest BCUT2D eigenvalue weighted by Gasteiger charge is 2.16. The zero-order chi connectivity index (χ0) is 19.2. The first-order chi connectivity index (χ1) is 14.4. The molecule has 0 aliphatic rings. The summed E-state index contributed by atoms with van der Waals surface area (Å²) in [6.45, 7) is 0. The molecule has 0 atom stereocenters. The molecule has 136 valence electrons. The van der Waals surface area contributed by atoms with Crippen molar-refractivity contribution in [1.29, 1.82) is 0 Å². The van der Waals surface area contributed by atoms with E-state index >= 15 is 0 Å². The molecule has 0 bridgehead atoms. The van der Waals surface area contributed by atoms with Gasteiger partial charge in [0.15, 0.2) is 0 Å². The Kier molecular flexibility index (Phi) is 3.68. The second-order valence-electron chi connectivity index (χ2n) is 7.12. The maximum absolute atomic E-state index is 5.14. The Morgan fingerprint density at radius 2 is 1.21 bits per heavy atom. The van der Waals surface area contributed by atoms with Gasteiger partial charge in [0.2, 0.25) is 0 Å². The van der Waals surface area contributed by atoms with E-state index in [4.69, 9.17) is 9.97 Å². The monoisotopic (exact) mass is 388 g/mol. The van der Waals surface area contributed by atoms with Crippen LogP contribution in [-0.4, -0.2) is 9.97 Å². The van der Waals surface area contributed by atoms with Crippen molar-refractivity contribution in [3.05, 3.63) is 96.4 Å². The molecule has 2 nitrogen and oxygen atoms in total. The predicted molar refractivity (Wildman–Crippen MR) is 123 cm³/mol. The van der Waals surface area contributed by atoms with Crippen LogP contribution in [0.5, 0.6) is 0 Å². The summed E-state index contributed by atoms with van der Waals surface area (Å²) in [7, 11) is 0. The normalized spacial score (nSPS) is 11.4. The highest BCUT2D eigenvalue weighted by atomic mass is 32.1. The fourth-order valence-corrected chi connectivity index (χ4v) is 4.83. The van der Waals surface area contributed by atoms with Crippen molar-refractivity contribution in [1.82, 2.24) is 9.97 Å². The number of aromatic nitrogens is 2. The summed E-state index contributed by atoms with van der Waals surface area (Å²) in [5.41, 5.74) is 5.94. The molecule has 0 saturated carbocycles. The minimum Gasteiger partial charge on any atom is -0.244 e. The van der Waals surface area contributed by atoms with Crippen LogP contribution in [0.4, 0.5) is 0 Å². The molecule has 6 aromatic rings. The first kappa shape index (κ1) is 16.4. The van der Waals surface area contributed by atoms with Crippen molar-refractivity contribution in [2.75, 3.05) is 0 Å². The number of thiophene rings is 1. The summed E-state index contributed by atoms with van der Waals surface area (Å²) >= 11 is 1.75. The van der Waals surface area contributed by atoms with Crippen LogP contribution in [0.25, 0.3) is 54.4 Å². The van der Waals surface area contributed by atoms with Crippen molar-refractivity contribution >= 4 is 43.2 Å². The Morgan fingerprint density at radius 3 is 1.97 bits per heavy atom. The predicted octanol–water partition coefficient (Wildman–Crippen LogP) is 7.33.